The van der Waals surface area contributed by atoms with Gasteiger partial charge in [0.25, 0.3) is 5.91 Å². The predicted molar refractivity (Wildman–Crippen MR) is 136 cm³/mol. The molecule has 0 saturated carbocycles. The second kappa shape index (κ2) is 11.0. The molecule has 0 aliphatic carbocycles. The standard InChI is InChI=1S/C26H23NO4S2/c1-29-21-11-13-22(14-12-21)30-15-16-31-23-10-6-5-9-20(23)17-24-25(28)27(26(32)33-24)18-19-7-3-2-4-8-19/h2-14,17H,15-16,18H2,1H3. The summed E-state index contributed by atoms with van der Waals surface area (Å²) in [5.74, 6) is 2.12. The van der Waals surface area contributed by atoms with E-state index in [2.05, 4.69) is 0 Å². The minimum Gasteiger partial charge on any atom is -0.497 e. The lowest BCUT2D eigenvalue weighted by molar-refractivity contribution is -0.122. The number of hydrogen-bond acceptors (Lipinski definition) is 6. The van der Waals surface area contributed by atoms with Gasteiger partial charge in [-0.2, -0.15) is 0 Å². The number of carbonyl (C=O) groups excluding carboxylic acids is 1. The van der Waals surface area contributed by atoms with Crippen LogP contribution >= 0.6 is 24.0 Å². The van der Waals surface area contributed by atoms with Crippen molar-refractivity contribution in [1.82, 2.24) is 4.90 Å². The Morgan fingerprint density at radius 1 is 0.879 bits per heavy atom. The van der Waals surface area contributed by atoms with Gasteiger partial charge in [0.05, 0.1) is 18.6 Å². The highest BCUT2D eigenvalue weighted by atomic mass is 32.2. The van der Waals surface area contributed by atoms with Gasteiger partial charge in [0.1, 0.15) is 34.8 Å². The number of carbonyl (C=O) groups is 1. The Morgan fingerprint density at radius 3 is 2.30 bits per heavy atom. The van der Waals surface area contributed by atoms with Crippen LogP contribution < -0.4 is 14.2 Å². The van der Waals surface area contributed by atoms with Gasteiger partial charge in [-0.15, -0.1) is 0 Å². The number of nitrogens with zero attached hydrogens (tertiary/aromatic N) is 1. The number of benzene rings is 3. The molecule has 3 aromatic carbocycles. The lowest BCUT2D eigenvalue weighted by Crippen LogP contribution is -2.27. The highest BCUT2D eigenvalue weighted by Gasteiger charge is 2.32. The summed E-state index contributed by atoms with van der Waals surface area (Å²) in [6.45, 7) is 1.22. The molecule has 0 aromatic heterocycles. The van der Waals surface area contributed by atoms with Crippen LogP contribution in [-0.4, -0.2) is 35.5 Å². The van der Waals surface area contributed by atoms with Crippen molar-refractivity contribution in [3.8, 4) is 17.2 Å². The molecule has 0 unspecified atom stereocenters. The summed E-state index contributed by atoms with van der Waals surface area (Å²) in [5, 5.41) is 0. The fourth-order valence-electron chi connectivity index (χ4n) is 3.26. The van der Waals surface area contributed by atoms with Crippen LogP contribution in [0.3, 0.4) is 0 Å². The first-order valence-corrected chi connectivity index (χ1v) is 11.6. The zero-order chi connectivity index (χ0) is 23.0. The monoisotopic (exact) mass is 477 g/mol. The summed E-state index contributed by atoms with van der Waals surface area (Å²) in [5.41, 5.74) is 1.86. The predicted octanol–water partition coefficient (Wildman–Crippen LogP) is 5.55. The highest BCUT2D eigenvalue weighted by molar-refractivity contribution is 8.26. The Bertz CT molecular complexity index is 1150. The highest BCUT2D eigenvalue weighted by Crippen LogP contribution is 2.35. The quantitative estimate of drug-likeness (QED) is 0.229. The molecule has 1 heterocycles. The van der Waals surface area contributed by atoms with Crippen LogP contribution in [-0.2, 0) is 11.3 Å². The Morgan fingerprint density at radius 2 is 1.55 bits per heavy atom. The van der Waals surface area contributed by atoms with Crippen molar-refractivity contribution in [2.24, 2.45) is 0 Å². The summed E-state index contributed by atoms with van der Waals surface area (Å²) in [4.78, 5) is 15.2. The smallest absolute Gasteiger partial charge is 0.266 e. The molecule has 1 aliphatic rings. The minimum absolute atomic E-state index is 0.0912. The van der Waals surface area contributed by atoms with Crippen molar-refractivity contribution >= 4 is 40.3 Å². The largest absolute Gasteiger partial charge is 0.497 e. The molecular weight excluding hydrogens is 454 g/mol. The molecule has 5 nitrogen and oxygen atoms in total. The van der Waals surface area contributed by atoms with E-state index in [1.54, 1.807) is 12.0 Å². The van der Waals surface area contributed by atoms with E-state index in [1.165, 1.54) is 11.8 Å². The van der Waals surface area contributed by atoms with Gasteiger partial charge in [0.15, 0.2) is 0 Å². The third-order valence-electron chi connectivity index (χ3n) is 4.93. The maximum atomic E-state index is 13.0. The normalized spacial score (nSPS) is 14.6. The summed E-state index contributed by atoms with van der Waals surface area (Å²) in [7, 11) is 1.63. The van der Waals surface area contributed by atoms with Crippen LogP contribution in [0.5, 0.6) is 17.2 Å². The molecule has 168 valence electrons. The number of methoxy groups -OCH3 is 1. The molecule has 0 spiro atoms. The molecule has 1 saturated heterocycles. The Balaban J connectivity index is 1.38. The zero-order valence-corrected chi connectivity index (χ0v) is 19.7. The number of rotatable bonds is 9. The van der Waals surface area contributed by atoms with Gasteiger partial charge >= 0.3 is 0 Å². The molecule has 3 aromatic rings. The van der Waals surface area contributed by atoms with Crippen LogP contribution in [0, 0.1) is 0 Å². The SMILES string of the molecule is COc1ccc(OCCOc2ccccc2C=C2SC(=S)N(Cc3ccccc3)C2=O)cc1. The average Bonchev–Trinajstić information content (AvgIpc) is 3.11. The maximum Gasteiger partial charge on any atom is 0.266 e. The summed E-state index contributed by atoms with van der Waals surface area (Å²) >= 11 is 6.77. The molecule has 0 atom stereocenters. The summed E-state index contributed by atoms with van der Waals surface area (Å²) < 4.78 is 17.4. The van der Waals surface area contributed by atoms with Crippen LogP contribution in [0.15, 0.2) is 83.8 Å². The Labute approximate surface area is 203 Å². The van der Waals surface area contributed by atoms with Crippen LogP contribution in [0.2, 0.25) is 0 Å². The van der Waals surface area contributed by atoms with Gasteiger partial charge in [0.2, 0.25) is 0 Å². The van der Waals surface area contributed by atoms with Crippen molar-refractivity contribution in [3.63, 3.8) is 0 Å². The molecule has 33 heavy (non-hydrogen) atoms. The Kier molecular flexibility index (Phi) is 7.65. The second-order valence-corrected chi connectivity index (χ2v) is 8.84. The van der Waals surface area contributed by atoms with Crippen LogP contribution in [0.1, 0.15) is 11.1 Å². The molecule has 0 radical (unpaired) electrons. The zero-order valence-electron chi connectivity index (χ0n) is 18.1. The number of thiocarbonyl (C=S) groups is 1. The number of hydrogen-bond donors (Lipinski definition) is 0. The molecule has 1 fully saturated rings. The number of thioether (sulfide) groups is 1. The van der Waals surface area contributed by atoms with E-state index in [0.717, 1.165) is 22.6 Å². The van der Waals surface area contributed by atoms with E-state index < -0.39 is 0 Å². The van der Waals surface area contributed by atoms with Gasteiger partial charge in [0, 0.05) is 5.56 Å². The topological polar surface area (TPSA) is 48.0 Å². The third kappa shape index (κ3) is 5.94. The average molecular weight is 478 g/mol. The molecule has 0 bridgehead atoms. The molecule has 0 N–H and O–H groups in total. The second-order valence-electron chi connectivity index (χ2n) is 7.16. The molecule has 1 aliphatic heterocycles. The van der Waals surface area contributed by atoms with Crippen LogP contribution in [0.4, 0.5) is 0 Å². The van der Waals surface area contributed by atoms with Crippen LogP contribution in [0.25, 0.3) is 6.08 Å². The molecular formula is C26H23NO4S2. The molecule has 7 heteroatoms. The van der Waals surface area contributed by atoms with E-state index in [1.807, 2.05) is 84.9 Å². The number of amides is 1. The Hall–Kier alpha value is -3.29. The van der Waals surface area contributed by atoms with Crippen molar-refractivity contribution in [1.29, 1.82) is 0 Å². The van der Waals surface area contributed by atoms with Crippen molar-refractivity contribution in [2.75, 3.05) is 20.3 Å². The fraction of sp³-hybridized carbons (Fsp3) is 0.154. The fourth-order valence-corrected chi connectivity index (χ4v) is 4.50. The first-order chi connectivity index (χ1) is 16.1. The first-order valence-electron chi connectivity index (χ1n) is 10.4. The summed E-state index contributed by atoms with van der Waals surface area (Å²) in [6, 6.07) is 24.8. The van der Waals surface area contributed by atoms with Gasteiger partial charge in [-0.1, -0.05) is 72.5 Å². The van der Waals surface area contributed by atoms with E-state index >= 15 is 0 Å². The summed E-state index contributed by atoms with van der Waals surface area (Å²) in [6.07, 6.45) is 1.84. The maximum absolute atomic E-state index is 13.0. The van der Waals surface area contributed by atoms with E-state index in [0.29, 0.717) is 34.7 Å². The van der Waals surface area contributed by atoms with Gasteiger partial charge in [-0.05, 0) is 42.0 Å². The number of para-hydroxylation sites is 1. The van der Waals surface area contributed by atoms with Crippen molar-refractivity contribution in [3.05, 3.63) is 94.9 Å². The number of ether oxygens (including phenoxy) is 3. The lowest BCUT2D eigenvalue weighted by Gasteiger charge is -2.14. The van der Waals surface area contributed by atoms with Crippen molar-refractivity contribution < 1.29 is 19.0 Å². The minimum atomic E-state index is -0.0912. The lowest BCUT2D eigenvalue weighted by atomic mass is 10.1. The van der Waals surface area contributed by atoms with Crippen molar-refractivity contribution in [2.45, 2.75) is 6.54 Å². The van der Waals surface area contributed by atoms with Gasteiger partial charge < -0.3 is 14.2 Å². The third-order valence-corrected chi connectivity index (χ3v) is 6.31. The van der Waals surface area contributed by atoms with E-state index in [-0.39, 0.29) is 5.91 Å². The first kappa shape index (κ1) is 22.9. The van der Waals surface area contributed by atoms with Gasteiger partial charge in [-0.25, -0.2) is 0 Å². The van der Waals surface area contributed by atoms with E-state index in [9.17, 15) is 4.79 Å². The molecule has 4 rings (SSSR count). The molecule has 1 amide bonds. The van der Waals surface area contributed by atoms with Gasteiger partial charge in [-0.3, -0.25) is 9.69 Å². The van der Waals surface area contributed by atoms with E-state index in [4.69, 9.17) is 26.4 Å².